The fourth-order valence-corrected chi connectivity index (χ4v) is 7.27. The van der Waals surface area contributed by atoms with Crippen LogP contribution < -0.4 is 0 Å². The summed E-state index contributed by atoms with van der Waals surface area (Å²) in [5.74, 6) is -0.907. The van der Waals surface area contributed by atoms with Gasteiger partial charge in [-0.05, 0) is 103 Å². The third kappa shape index (κ3) is 48.1. The van der Waals surface area contributed by atoms with E-state index in [1.165, 1.54) is 116 Å². The number of hydrogen-bond donors (Lipinski definition) is 0. The first-order valence-electron chi connectivity index (χ1n) is 26.3. The summed E-state index contributed by atoms with van der Waals surface area (Å²) >= 11 is 0. The molecule has 0 N–H and O–H groups in total. The van der Waals surface area contributed by atoms with Gasteiger partial charge in [0.25, 0.3) is 0 Å². The predicted molar refractivity (Wildman–Crippen MR) is 265 cm³/mol. The molecule has 1 atom stereocenters. The van der Waals surface area contributed by atoms with Crippen molar-refractivity contribution < 1.29 is 28.6 Å². The zero-order valence-corrected chi connectivity index (χ0v) is 40.9. The molecular formula is C56H98O6. The predicted octanol–water partition coefficient (Wildman–Crippen LogP) is 17.3. The van der Waals surface area contributed by atoms with Crippen LogP contribution in [-0.4, -0.2) is 37.2 Å². The summed E-state index contributed by atoms with van der Waals surface area (Å²) in [6.07, 6.45) is 62.0. The van der Waals surface area contributed by atoms with E-state index in [2.05, 4.69) is 81.5 Å². The number of esters is 3. The van der Waals surface area contributed by atoms with Gasteiger partial charge in [0, 0.05) is 19.3 Å². The second kappa shape index (κ2) is 50.8. The number of carbonyl (C=O) groups is 3. The van der Waals surface area contributed by atoms with Crippen LogP contribution in [0.4, 0.5) is 0 Å². The second-order valence-electron chi connectivity index (χ2n) is 17.4. The lowest BCUT2D eigenvalue weighted by molar-refractivity contribution is -0.167. The molecule has 0 aromatic heterocycles. The average molecular weight is 867 g/mol. The lowest BCUT2D eigenvalue weighted by Crippen LogP contribution is -2.30. The largest absolute Gasteiger partial charge is 0.462 e. The Kier molecular flexibility index (Phi) is 48.4. The topological polar surface area (TPSA) is 78.9 Å². The van der Waals surface area contributed by atoms with Crippen molar-refractivity contribution in [3.63, 3.8) is 0 Å². The van der Waals surface area contributed by atoms with Gasteiger partial charge in [-0.1, -0.05) is 197 Å². The lowest BCUT2D eigenvalue weighted by Gasteiger charge is -2.18. The molecule has 6 nitrogen and oxygen atoms in total. The van der Waals surface area contributed by atoms with Crippen molar-refractivity contribution >= 4 is 17.9 Å². The summed E-state index contributed by atoms with van der Waals surface area (Å²) in [5, 5.41) is 0. The number of rotatable bonds is 47. The summed E-state index contributed by atoms with van der Waals surface area (Å²) in [7, 11) is 0. The summed E-state index contributed by atoms with van der Waals surface area (Å²) in [4.78, 5) is 38.0. The number of unbranched alkanes of at least 4 members (excludes halogenated alkanes) is 26. The van der Waals surface area contributed by atoms with Crippen LogP contribution in [-0.2, 0) is 28.6 Å². The maximum Gasteiger partial charge on any atom is 0.306 e. The summed E-state index contributed by atoms with van der Waals surface area (Å²) < 4.78 is 16.8. The lowest BCUT2D eigenvalue weighted by atomic mass is 10.1. The highest BCUT2D eigenvalue weighted by Crippen LogP contribution is 2.14. The summed E-state index contributed by atoms with van der Waals surface area (Å²) in [5.41, 5.74) is 0. The van der Waals surface area contributed by atoms with Gasteiger partial charge in [-0.3, -0.25) is 14.4 Å². The normalized spacial score (nSPS) is 12.5. The van der Waals surface area contributed by atoms with Crippen molar-refractivity contribution in [3.8, 4) is 0 Å². The van der Waals surface area contributed by atoms with Crippen molar-refractivity contribution in [3.05, 3.63) is 60.8 Å². The maximum absolute atomic E-state index is 12.8. The third-order valence-electron chi connectivity index (χ3n) is 11.2. The van der Waals surface area contributed by atoms with E-state index in [0.29, 0.717) is 19.3 Å². The Morgan fingerprint density at radius 3 is 1.02 bits per heavy atom. The Balaban J connectivity index is 4.40. The summed E-state index contributed by atoms with van der Waals surface area (Å²) in [6.45, 7) is 6.49. The van der Waals surface area contributed by atoms with E-state index in [-0.39, 0.29) is 31.1 Å². The molecule has 0 aromatic rings. The van der Waals surface area contributed by atoms with Crippen LogP contribution in [0.2, 0.25) is 0 Å². The monoisotopic (exact) mass is 867 g/mol. The van der Waals surface area contributed by atoms with Crippen molar-refractivity contribution in [1.82, 2.24) is 0 Å². The van der Waals surface area contributed by atoms with Crippen molar-refractivity contribution in [2.24, 2.45) is 0 Å². The smallest absolute Gasteiger partial charge is 0.306 e. The Bertz CT molecular complexity index is 1130. The zero-order valence-electron chi connectivity index (χ0n) is 40.9. The molecule has 0 bridgehead atoms. The molecule has 0 heterocycles. The molecule has 0 aromatic carbocycles. The van der Waals surface area contributed by atoms with Gasteiger partial charge < -0.3 is 14.2 Å². The van der Waals surface area contributed by atoms with Gasteiger partial charge in [-0.2, -0.15) is 0 Å². The highest BCUT2D eigenvalue weighted by molar-refractivity contribution is 5.71. The van der Waals surface area contributed by atoms with Gasteiger partial charge in [0.1, 0.15) is 13.2 Å². The fraction of sp³-hybridized carbons (Fsp3) is 0.768. The van der Waals surface area contributed by atoms with Crippen LogP contribution in [0.15, 0.2) is 60.8 Å². The molecule has 0 fully saturated rings. The van der Waals surface area contributed by atoms with Crippen molar-refractivity contribution in [2.45, 2.75) is 264 Å². The summed E-state index contributed by atoms with van der Waals surface area (Å²) in [6, 6.07) is 0. The van der Waals surface area contributed by atoms with E-state index in [1.807, 2.05) is 0 Å². The molecule has 0 spiro atoms. The van der Waals surface area contributed by atoms with E-state index in [0.717, 1.165) is 103 Å². The van der Waals surface area contributed by atoms with Gasteiger partial charge >= 0.3 is 17.9 Å². The molecule has 1 unspecified atom stereocenters. The average Bonchev–Trinajstić information content (AvgIpc) is 3.27. The Labute approximate surface area is 383 Å². The number of ether oxygens (including phenoxy) is 3. The van der Waals surface area contributed by atoms with Crippen molar-refractivity contribution in [2.75, 3.05) is 13.2 Å². The first-order chi connectivity index (χ1) is 30.5. The van der Waals surface area contributed by atoms with Crippen LogP contribution in [0.25, 0.3) is 0 Å². The molecule has 0 aliphatic rings. The third-order valence-corrected chi connectivity index (χ3v) is 11.2. The van der Waals surface area contributed by atoms with E-state index < -0.39 is 6.10 Å². The van der Waals surface area contributed by atoms with Gasteiger partial charge in [-0.25, -0.2) is 0 Å². The highest BCUT2D eigenvalue weighted by atomic mass is 16.6. The Morgan fingerprint density at radius 2 is 0.629 bits per heavy atom. The van der Waals surface area contributed by atoms with Crippen LogP contribution in [0.1, 0.15) is 258 Å². The molecule has 0 saturated heterocycles. The van der Waals surface area contributed by atoms with E-state index >= 15 is 0 Å². The first-order valence-corrected chi connectivity index (χ1v) is 26.3. The number of allylic oxidation sites excluding steroid dienone is 10. The molecule has 62 heavy (non-hydrogen) atoms. The molecule has 0 rings (SSSR count). The molecule has 358 valence electrons. The number of carbonyl (C=O) groups excluding carboxylic acids is 3. The zero-order chi connectivity index (χ0) is 45.1. The molecule has 0 aliphatic heterocycles. The fourth-order valence-electron chi connectivity index (χ4n) is 7.27. The minimum Gasteiger partial charge on any atom is -0.462 e. The van der Waals surface area contributed by atoms with Crippen LogP contribution in [0, 0.1) is 0 Å². The van der Waals surface area contributed by atoms with E-state index in [1.54, 1.807) is 0 Å². The first kappa shape index (κ1) is 59.1. The van der Waals surface area contributed by atoms with Crippen molar-refractivity contribution in [1.29, 1.82) is 0 Å². The van der Waals surface area contributed by atoms with E-state index in [9.17, 15) is 14.4 Å². The molecular weight excluding hydrogens is 769 g/mol. The standard InChI is InChI=1S/C56H98O6/c1-4-7-10-13-16-19-22-25-27-28-29-32-34-37-40-43-46-49-55(58)61-52-53(51-60-54(57)48-45-42-39-36-33-30-24-21-18-15-12-9-6-3)62-56(59)50-47-44-41-38-35-31-26-23-20-17-14-11-8-5-2/h7,10,16,19,21,23-27,53H,4-6,8-9,11-15,17-18,20,22,28-52H2,1-3H3/b10-7-,19-16-,24-21-,26-23-,27-25-. The van der Waals surface area contributed by atoms with Crippen LogP contribution >= 0.6 is 0 Å². The Morgan fingerprint density at radius 1 is 0.339 bits per heavy atom. The van der Waals surface area contributed by atoms with Gasteiger partial charge in [0.05, 0.1) is 0 Å². The Hall–Kier alpha value is -2.89. The molecule has 0 amide bonds. The second-order valence-corrected chi connectivity index (χ2v) is 17.4. The number of hydrogen-bond acceptors (Lipinski definition) is 6. The van der Waals surface area contributed by atoms with Crippen LogP contribution in [0.5, 0.6) is 0 Å². The van der Waals surface area contributed by atoms with E-state index in [4.69, 9.17) is 14.2 Å². The van der Waals surface area contributed by atoms with Crippen LogP contribution in [0.3, 0.4) is 0 Å². The van der Waals surface area contributed by atoms with Gasteiger partial charge in [-0.15, -0.1) is 0 Å². The molecule has 0 aliphatic carbocycles. The molecule has 0 saturated carbocycles. The SMILES string of the molecule is CC/C=C\C/C=C\C/C=C\CCCCCCCCCC(=O)OCC(COC(=O)CCCCCCC/C=C\CCCCCC)OC(=O)CCCCCCC/C=C\CCCCCCC. The molecule has 0 radical (unpaired) electrons. The highest BCUT2D eigenvalue weighted by Gasteiger charge is 2.19. The minimum atomic E-state index is -0.784. The minimum absolute atomic E-state index is 0.0847. The van der Waals surface area contributed by atoms with Gasteiger partial charge in [0.2, 0.25) is 0 Å². The quantitative estimate of drug-likeness (QED) is 0.0262. The van der Waals surface area contributed by atoms with Gasteiger partial charge in [0.15, 0.2) is 6.10 Å². The maximum atomic E-state index is 12.8. The molecule has 6 heteroatoms.